The van der Waals surface area contributed by atoms with Crippen molar-refractivity contribution in [2.24, 2.45) is 0 Å². The van der Waals surface area contributed by atoms with Gasteiger partial charge in [-0.25, -0.2) is 9.67 Å². The Balaban J connectivity index is 1.33. The van der Waals surface area contributed by atoms with Crippen LogP contribution in [0.5, 0.6) is 5.75 Å². The molecule has 2 aromatic carbocycles. The molecular weight excluding hydrogens is 422 g/mol. The third kappa shape index (κ3) is 5.89. The molecule has 1 saturated heterocycles. The predicted molar refractivity (Wildman–Crippen MR) is 126 cm³/mol. The highest BCUT2D eigenvalue weighted by molar-refractivity contribution is 7.99. The quantitative estimate of drug-likeness (QED) is 0.500. The number of ether oxygens (including phenoxy) is 1. The Morgan fingerprint density at radius 3 is 2.56 bits per heavy atom. The van der Waals surface area contributed by atoms with Crippen molar-refractivity contribution in [1.82, 2.24) is 25.0 Å². The van der Waals surface area contributed by atoms with Crippen molar-refractivity contribution in [3.05, 3.63) is 66.5 Å². The van der Waals surface area contributed by atoms with Gasteiger partial charge in [-0.1, -0.05) is 48.5 Å². The van der Waals surface area contributed by atoms with E-state index in [0.29, 0.717) is 11.7 Å². The van der Waals surface area contributed by atoms with Crippen LogP contribution < -0.4 is 10.1 Å². The van der Waals surface area contributed by atoms with Gasteiger partial charge in [0.1, 0.15) is 12.1 Å². The molecule has 1 amide bonds. The molecule has 1 unspecified atom stereocenters. The molecule has 0 aliphatic carbocycles. The van der Waals surface area contributed by atoms with Crippen LogP contribution in [0.25, 0.3) is 5.69 Å². The van der Waals surface area contributed by atoms with E-state index in [2.05, 4.69) is 32.4 Å². The number of amides is 1. The zero-order chi connectivity index (χ0) is 22.2. The standard InChI is InChI=1S/C24H29N5O2S/c1-31-21-12-10-19(11-13-21)22(28-14-6-3-7-15-28)16-25-23(30)17-32-24-26-18-29(27-24)20-8-4-2-5-9-20/h2,4-5,8-13,18,22H,3,6-7,14-17H2,1H3,(H,25,30). The van der Waals surface area contributed by atoms with E-state index < -0.39 is 0 Å². The molecule has 1 aliphatic heterocycles. The molecule has 1 aliphatic rings. The van der Waals surface area contributed by atoms with Crippen molar-refractivity contribution in [2.75, 3.05) is 32.5 Å². The first kappa shape index (κ1) is 22.4. The summed E-state index contributed by atoms with van der Waals surface area (Å²) in [6, 6.07) is 18.1. The summed E-state index contributed by atoms with van der Waals surface area (Å²) in [5.74, 6) is 1.12. The van der Waals surface area contributed by atoms with Crippen LogP contribution in [0.1, 0.15) is 30.9 Å². The van der Waals surface area contributed by atoms with Crippen LogP contribution in [0.15, 0.2) is 66.1 Å². The Morgan fingerprint density at radius 2 is 1.84 bits per heavy atom. The number of thioether (sulfide) groups is 1. The molecule has 0 saturated carbocycles. The smallest absolute Gasteiger partial charge is 0.230 e. The normalized spacial score (nSPS) is 15.3. The molecule has 1 fully saturated rings. The van der Waals surface area contributed by atoms with E-state index in [1.54, 1.807) is 18.1 Å². The average Bonchev–Trinajstić information content (AvgIpc) is 3.34. The van der Waals surface area contributed by atoms with Gasteiger partial charge in [-0.3, -0.25) is 9.69 Å². The number of piperidine rings is 1. The molecule has 3 aromatic rings. The molecule has 8 heteroatoms. The van der Waals surface area contributed by atoms with Gasteiger partial charge < -0.3 is 10.1 Å². The van der Waals surface area contributed by atoms with E-state index >= 15 is 0 Å². The second-order valence-corrected chi connectivity index (χ2v) is 8.73. The molecule has 32 heavy (non-hydrogen) atoms. The number of methoxy groups -OCH3 is 1. The molecular formula is C24H29N5O2S. The maximum atomic E-state index is 12.6. The fourth-order valence-corrected chi connectivity index (χ4v) is 4.55. The van der Waals surface area contributed by atoms with Crippen LogP contribution in [0.3, 0.4) is 0 Å². The first-order valence-corrected chi connectivity index (χ1v) is 12.0. The summed E-state index contributed by atoms with van der Waals surface area (Å²) < 4.78 is 7.02. The van der Waals surface area contributed by atoms with Crippen molar-refractivity contribution in [3.8, 4) is 11.4 Å². The van der Waals surface area contributed by atoms with Crippen molar-refractivity contribution < 1.29 is 9.53 Å². The molecule has 7 nitrogen and oxygen atoms in total. The van der Waals surface area contributed by atoms with Crippen LogP contribution in [0.4, 0.5) is 0 Å². The Morgan fingerprint density at radius 1 is 1.09 bits per heavy atom. The first-order chi connectivity index (χ1) is 15.7. The summed E-state index contributed by atoms with van der Waals surface area (Å²) in [6.45, 7) is 2.70. The lowest BCUT2D eigenvalue weighted by molar-refractivity contribution is -0.118. The highest BCUT2D eigenvalue weighted by Crippen LogP contribution is 2.26. The molecule has 0 spiro atoms. The fourth-order valence-electron chi connectivity index (χ4n) is 3.92. The summed E-state index contributed by atoms with van der Waals surface area (Å²) in [5, 5.41) is 8.16. The lowest BCUT2D eigenvalue weighted by Crippen LogP contribution is -2.41. The number of nitrogens with one attached hydrogen (secondary N) is 1. The number of benzene rings is 2. The van der Waals surface area contributed by atoms with Gasteiger partial charge in [-0.15, -0.1) is 5.10 Å². The van der Waals surface area contributed by atoms with Crippen LogP contribution in [0.2, 0.25) is 0 Å². The summed E-state index contributed by atoms with van der Waals surface area (Å²) in [4.78, 5) is 19.4. The number of rotatable bonds is 9. The lowest BCUT2D eigenvalue weighted by Gasteiger charge is -2.35. The fraction of sp³-hybridized carbons (Fsp3) is 0.375. The maximum Gasteiger partial charge on any atom is 0.230 e. The molecule has 0 bridgehead atoms. The van der Waals surface area contributed by atoms with Gasteiger partial charge >= 0.3 is 0 Å². The Labute approximate surface area is 193 Å². The minimum atomic E-state index is -0.0124. The Bertz CT molecular complexity index is 987. The molecule has 1 aromatic heterocycles. The van der Waals surface area contributed by atoms with Crippen LogP contribution in [0, 0.1) is 0 Å². The second kappa shape index (κ2) is 11.2. The van der Waals surface area contributed by atoms with Gasteiger partial charge in [0, 0.05) is 6.54 Å². The number of carbonyl (C=O) groups excluding carboxylic acids is 1. The monoisotopic (exact) mass is 451 g/mol. The lowest BCUT2D eigenvalue weighted by atomic mass is 10.0. The van der Waals surface area contributed by atoms with Crippen LogP contribution in [-0.4, -0.2) is 58.1 Å². The number of hydrogen-bond donors (Lipinski definition) is 1. The number of carbonyl (C=O) groups is 1. The highest BCUT2D eigenvalue weighted by Gasteiger charge is 2.23. The van der Waals surface area contributed by atoms with Crippen molar-refractivity contribution in [3.63, 3.8) is 0 Å². The third-order valence-electron chi connectivity index (χ3n) is 5.65. The number of para-hydroxylation sites is 1. The van der Waals surface area contributed by atoms with Gasteiger partial charge in [-0.2, -0.15) is 0 Å². The summed E-state index contributed by atoms with van der Waals surface area (Å²) in [5.41, 5.74) is 2.14. The van der Waals surface area contributed by atoms with Crippen LogP contribution in [-0.2, 0) is 4.79 Å². The van der Waals surface area contributed by atoms with Gasteiger partial charge in [0.05, 0.1) is 24.6 Å². The van der Waals surface area contributed by atoms with Crippen molar-refractivity contribution >= 4 is 17.7 Å². The van der Waals surface area contributed by atoms with Crippen LogP contribution >= 0.6 is 11.8 Å². The summed E-state index contributed by atoms with van der Waals surface area (Å²) in [6.07, 6.45) is 5.35. The predicted octanol–water partition coefficient (Wildman–Crippen LogP) is 3.71. The van der Waals surface area contributed by atoms with E-state index in [1.165, 1.54) is 36.6 Å². The second-order valence-electron chi connectivity index (χ2n) is 7.79. The Hall–Kier alpha value is -2.84. The number of aromatic nitrogens is 3. The molecule has 1 atom stereocenters. The summed E-state index contributed by atoms with van der Waals surface area (Å²) in [7, 11) is 1.67. The van der Waals surface area contributed by atoms with Gasteiger partial charge in [0.15, 0.2) is 0 Å². The van der Waals surface area contributed by atoms with Gasteiger partial charge in [0.25, 0.3) is 0 Å². The van der Waals surface area contributed by atoms with E-state index in [9.17, 15) is 4.79 Å². The minimum Gasteiger partial charge on any atom is -0.497 e. The molecule has 0 radical (unpaired) electrons. The van der Waals surface area contributed by atoms with Crippen molar-refractivity contribution in [1.29, 1.82) is 0 Å². The average molecular weight is 452 g/mol. The molecule has 2 heterocycles. The molecule has 168 valence electrons. The third-order valence-corrected chi connectivity index (χ3v) is 6.50. The maximum absolute atomic E-state index is 12.6. The van der Waals surface area contributed by atoms with E-state index in [4.69, 9.17) is 4.74 Å². The zero-order valence-electron chi connectivity index (χ0n) is 18.3. The topological polar surface area (TPSA) is 72.3 Å². The first-order valence-electron chi connectivity index (χ1n) is 11.0. The van der Waals surface area contributed by atoms with E-state index in [1.807, 2.05) is 42.5 Å². The Kier molecular flexibility index (Phi) is 7.79. The number of likely N-dealkylation sites (tertiary alicyclic amines) is 1. The highest BCUT2D eigenvalue weighted by atomic mass is 32.2. The minimum absolute atomic E-state index is 0.0124. The largest absolute Gasteiger partial charge is 0.497 e. The molecule has 1 N–H and O–H groups in total. The molecule has 4 rings (SSSR count). The SMILES string of the molecule is COc1ccc(C(CNC(=O)CSc2ncn(-c3ccccc3)n2)N2CCCCC2)cc1. The van der Waals surface area contributed by atoms with Crippen molar-refractivity contribution in [2.45, 2.75) is 30.5 Å². The van der Waals surface area contributed by atoms with E-state index in [0.717, 1.165) is 24.5 Å². The van der Waals surface area contributed by atoms with E-state index in [-0.39, 0.29) is 17.7 Å². The number of hydrogen-bond acceptors (Lipinski definition) is 6. The van der Waals surface area contributed by atoms with Gasteiger partial charge in [-0.05, 0) is 55.8 Å². The zero-order valence-corrected chi connectivity index (χ0v) is 19.1. The summed E-state index contributed by atoms with van der Waals surface area (Å²) >= 11 is 1.35. The van der Waals surface area contributed by atoms with Gasteiger partial charge in [0.2, 0.25) is 11.1 Å². The number of nitrogens with zero attached hydrogens (tertiary/aromatic N) is 4.